The Balaban J connectivity index is 1.46. The van der Waals surface area contributed by atoms with Crippen LogP contribution in [0, 0.1) is 52.3 Å². The predicted octanol–water partition coefficient (Wildman–Crippen LogP) is 7.85. The molecule has 34 heavy (non-hydrogen) atoms. The molecule has 3 saturated carbocycles. The van der Waals surface area contributed by atoms with Gasteiger partial charge in [0.1, 0.15) is 0 Å². The third kappa shape index (κ3) is 4.92. The molecule has 4 nitrogen and oxygen atoms in total. The number of allylic oxidation sites excluding steroid dienone is 1. The summed E-state index contributed by atoms with van der Waals surface area (Å²) in [5.74, 6) is 5.64. The molecule has 1 N–H and O–H groups in total. The molecular formula is C29H50O4S. The van der Waals surface area contributed by atoms with Crippen LogP contribution in [0.2, 0.25) is 0 Å². The lowest BCUT2D eigenvalue weighted by molar-refractivity contribution is -0.0563. The minimum atomic E-state index is -4.38. The Morgan fingerprint density at radius 2 is 1.79 bits per heavy atom. The van der Waals surface area contributed by atoms with Crippen LogP contribution < -0.4 is 0 Å². The first-order valence-corrected chi connectivity index (χ1v) is 15.6. The fourth-order valence-corrected chi connectivity index (χ4v) is 10.1. The first kappa shape index (κ1) is 26.7. The molecule has 0 aromatic heterocycles. The van der Waals surface area contributed by atoms with Crippen molar-refractivity contribution < 1.29 is 17.2 Å². The Hall–Kier alpha value is -0.390. The zero-order valence-electron chi connectivity index (χ0n) is 22.6. The maximum Gasteiger partial charge on any atom is 0.397 e. The van der Waals surface area contributed by atoms with Crippen molar-refractivity contribution in [2.75, 3.05) is 0 Å². The second-order valence-electron chi connectivity index (χ2n) is 13.3. The number of fused-ring (bicyclic) bond motifs is 5. The molecule has 4 aliphatic rings. The molecule has 0 aliphatic heterocycles. The predicted molar refractivity (Wildman–Crippen MR) is 139 cm³/mol. The van der Waals surface area contributed by atoms with Crippen molar-refractivity contribution in [3.05, 3.63) is 11.6 Å². The summed E-state index contributed by atoms with van der Waals surface area (Å²) in [6, 6.07) is 0. The highest BCUT2D eigenvalue weighted by Crippen LogP contribution is 2.67. The van der Waals surface area contributed by atoms with Crippen molar-refractivity contribution in [2.24, 2.45) is 52.3 Å². The molecule has 4 aliphatic carbocycles. The van der Waals surface area contributed by atoms with Gasteiger partial charge in [0.15, 0.2) is 0 Å². The summed E-state index contributed by atoms with van der Waals surface area (Å²) >= 11 is 0. The molecule has 0 spiro atoms. The average molecular weight is 495 g/mol. The largest absolute Gasteiger partial charge is 0.397 e. The van der Waals surface area contributed by atoms with E-state index in [0.717, 1.165) is 48.3 Å². The first-order valence-electron chi connectivity index (χ1n) is 14.2. The van der Waals surface area contributed by atoms with Crippen LogP contribution in [-0.4, -0.2) is 19.1 Å². The number of hydrogen-bond acceptors (Lipinski definition) is 3. The Morgan fingerprint density at radius 3 is 2.44 bits per heavy atom. The highest BCUT2D eigenvalue weighted by Gasteiger charge is 2.59. The molecule has 3 fully saturated rings. The zero-order valence-corrected chi connectivity index (χ0v) is 23.4. The van der Waals surface area contributed by atoms with Crippen molar-refractivity contribution >= 4 is 10.4 Å². The van der Waals surface area contributed by atoms with Crippen LogP contribution in [0.4, 0.5) is 0 Å². The van der Waals surface area contributed by atoms with E-state index in [2.05, 4.69) is 47.6 Å². The second kappa shape index (κ2) is 9.82. The van der Waals surface area contributed by atoms with Gasteiger partial charge in [-0.2, -0.15) is 8.42 Å². The SMILES string of the molecule is CCC(CCC(C)C1CCC2C3CC=C4CC(OS(=O)(=O)O)CCC4(C)C3CCC12C)C(C)C. The van der Waals surface area contributed by atoms with Crippen LogP contribution in [0.1, 0.15) is 112 Å². The summed E-state index contributed by atoms with van der Waals surface area (Å²) in [6.45, 7) is 14.8. The summed E-state index contributed by atoms with van der Waals surface area (Å²) in [6.07, 6.45) is 15.0. The van der Waals surface area contributed by atoms with Crippen LogP contribution in [0.5, 0.6) is 0 Å². The van der Waals surface area contributed by atoms with Gasteiger partial charge in [0, 0.05) is 0 Å². The minimum Gasteiger partial charge on any atom is -0.264 e. The maximum absolute atomic E-state index is 11.3. The summed E-state index contributed by atoms with van der Waals surface area (Å²) in [4.78, 5) is 0. The molecule has 0 aromatic carbocycles. The van der Waals surface area contributed by atoms with Crippen LogP contribution in [-0.2, 0) is 14.6 Å². The van der Waals surface area contributed by atoms with E-state index in [-0.39, 0.29) is 5.41 Å². The highest BCUT2D eigenvalue weighted by atomic mass is 32.3. The quantitative estimate of drug-likeness (QED) is 0.276. The van der Waals surface area contributed by atoms with Gasteiger partial charge in [-0.15, -0.1) is 0 Å². The zero-order chi connectivity index (χ0) is 24.9. The lowest BCUT2D eigenvalue weighted by atomic mass is 9.47. The van der Waals surface area contributed by atoms with E-state index in [1.165, 1.54) is 50.5 Å². The summed E-state index contributed by atoms with van der Waals surface area (Å²) in [5.41, 5.74) is 2.03. The molecule has 0 radical (unpaired) electrons. The van der Waals surface area contributed by atoms with Gasteiger partial charge in [-0.05, 0) is 110 Å². The lowest BCUT2D eigenvalue weighted by Gasteiger charge is -2.58. The van der Waals surface area contributed by atoms with Gasteiger partial charge < -0.3 is 0 Å². The monoisotopic (exact) mass is 494 g/mol. The third-order valence-electron chi connectivity index (χ3n) is 11.5. The van der Waals surface area contributed by atoms with E-state index in [1.807, 2.05) is 0 Å². The fourth-order valence-electron chi connectivity index (χ4n) is 9.54. The fraction of sp³-hybridized carbons (Fsp3) is 0.931. The lowest BCUT2D eigenvalue weighted by Crippen LogP contribution is -2.51. The molecule has 5 heteroatoms. The first-order chi connectivity index (χ1) is 15.9. The Labute approximate surface area is 209 Å². The summed E-state index contributed by atoms with van der Waals surface area (Å²) < 4.78 is 36.7. The van der Waals surface area contributed by atoms with Crippen molar-refractivity contribution in [3.8, 4) is 0 Å². The smallest absolute Gasteiger partial charge is 0.264 e. The standard InChI is InChI=1S/C29H50O4S/c1-7-21(19(2)3)9-8-20(4)25-12-13-26-24-11-10-22-18-23(33-34(30,31)32)14-16-28(22,5)27(24)15-17-29(25,26)6/h10,19-21,23-27H,7-9,11-18H2,1-6H3,(H,30,31,32). The van der Waals surface area contributed by atoms with Gasteiger partial charge in [-0.3, -0.25) is 4.55 Å². The molecule has 4 rings (SSSR count). The van der Waals surface area contributed by atoms with Gasteiger partial charge in [-0.25, -0.2) is 4.18 Å². The van der Waals surface area contributed by atoms with Crippen LogP contribution in [0.3, 0.4) is 0 Å². The average Bonchev–Trinajstić information content (AvgIpc) is 3.10. The topological polar surface area (TPSA) is 63.6 Å². The molecule has 0 saturated heterocycles. The molecule has 0 aromatic rings. The molecular weight excluding hydrogens is 444 g/mol. The van der Waals surface area contributed by atoms with Gasteiger partial charge >= 0.3 is 10.4 Å². The number of hydrogen-bond donors (Lipinski definition) is 1. The number of rotatable bonds is 8. The van der Waals surface area contributed by atoms with E-state index in [1.54, 1.807) is 0 Å². The van der Waals surface area contributed by atoms with Crippen LogP contribution in [0.15, 0.2) is 11.6 Å². The van der Waals surface area contributed by atoms with E-state index >= 15 is 0 Å². The molecule has 9 unspecified atom stereocenters. The van der Waals surface area contributed by atoms with Gasteiger partial charge in [-0.1, -0.05) is 66.0 Å². The summed E-state index contributed by atoms with van der Waals surface area (Å²) in [5, 5.41) is 0. The van der Waals surface area contributed by atoms with Crippen LogP contribution >= 0.6 is 0 Å². The van der Waals surface area contributed by atoms with Crippen molar-refractivity contribution in [2.45, 2.75) is 118 Å². The molecule has 0 heterocycles. The van der Waals surface area contributed by atoms with E-state index < -0.39 is 16.5 Å². The van der Waals surface area contributed by atoms with Gasteiger partial charge in [0.05, 0.1) is 6.10 Å². The molecule has 0 amide bonds. The van der Waals surface area contributed by atoms with E-state index in [4.69, 9.17) is 8.74 Å². The molecule has 196 valence electrons. The van der Waals surface area contributed by atoms with Crippen molar-refractivity contribution in [3.63, 3.8) is 0 Å². The summed E-state index contributed by atoms with van der Waals surface area (Å²) in [7, 11) is -4.38. The second-order valence-corrected chi connectivity index (χ2v) is 14.4. The van der Waals surface area contributed by atoms with Gasteiger partial charge in [0.25, 0.3) is 0 Å². The Bertz CT molecular complexity index is 863. The maximum atomic E-state index is 11.3. The van der Waals surface area contributed by atoms with Crippen molar-refractivity contribution in [1.29, 1.82) is 0 Å². The Kier molecular flexibility index (Phi) is 7.70. The Morgan fingerprint density at radius 1 is 1.06 bits per heavy atom. The van der Waals surface area contributed by atoms with E-state index in [0.29, 0.717) is 24.2 Å². The normalized spacial score (nSPS) is 41.9. The minimum absolute atomic E-state index is 0.165. The highest BCUT2D eigenvalue weighted by molar-refractivity contribution is 7.80. The van der Waals surface area contributed by atoms with E-state index in [9.17, 15) is 8.42 Å². The van der Waals surface area contributed by atoms with Crippen LogP contribution in [0.25, 0.3) is 0 Å². The van der Waals surface area contributed by atoms with Crippen molar-refractivity contribution in [1.82, 2.24) is 0 Å². The van der Waals surface area contributed by atoms with Gasteiger partial charge in [0.2, 0.25) is 0 Å². The third-order valence-corrected chi connectivity index (χ3v) is 12.1. The molecule has 0 bridgehead atoms. The molecule has 9 atom stereocenters.